The van der Waals surface area contributed by atoms with Gasteiger partial charge in [0.05, 0.1) is 0 Å². The summed E-state index contributed by atoms with van der Waals surface area (Å²) < 4.78 is 0. The van der Waals surface area contributed by atoms with Crippen molar-refractivity contribution in [3.8, 4) is 0 Å². The summed E-state index contributed by atoms with van der Waals surface area (Å²) >= 11 is 0. The highest BCUT2D eigenvalue weighted by Crippen LogP contribution is 2.39. The molecule has 0 fully saturated rings. The van der Waals surface area contributed by atoms with Gasteiger partial charge in [-0.25, -0.2) is 0 Å². The van der Waals surface area contributed by atoms with Crippen molar-refractivity contribution >= 4 is 0 Å². The minimum atomic E-state index is -0.100. The predicted octanol–water partition coefficient (Wildman–Crippen LogP) is 4.90. The Morgan fingerprint density at radius 1 is 0.857 bits per heavy atom. The molecule has 0 saturated carbocycles. The summed E-state index contributed by atoms with van der Waals surface area (Å²) in [5.41, 5.74) is 14.5. The Kier molecular flexibility index (Phi) is 4.25. The zero-order chi connectivity index (χ0) is 15.8. The predicted molar refractivity (Wildman–Crippen MR) is 91.8 cm³/mol. The molecule has 0 heterocycles. The maximum atomic E-state index is 6.74. The Labute approximate surface area is 129 Å². The fourth-order valence-electron chi connectivity index (χ4n) is 3.12. The normalized spacial score (nSPS) is 13.3. The molecule has 2 aromatic rings. The molecule has 0 spiro atoms. The van der Waals surface area contributed by atoms with E-state index in [0.717, 1.165) is 0 Å². The standard InChI is InChI=1S/C20H27N/c1-13-12-14(2)16(4)18(15(13)3)19(21)20(5,6)17-10-8-7-9-11-17/h7-12,19H,21H2,1-6H3. The quantitative estimate of drug-likeness (QED) is 0.851. The maximum Gasteiger partial charge on any atom is 0.0393 e. The molecule has 1 unspecified atom stereocenters. The molecule has 2 N–H and O–H groups in total. The van der Waals surface area contributed by atoms with Crippen LogP contribution in [0.15, 0.2) is 36.4 Å². The minimum Gasteiger partial charge on any atom is -0.323 e. The van der Waals surface area contributed by atoms with Gasteiger partial charge in [-0.3, -0.25) is 0 Å². The molecule has 0 bridgehead atoms. The molecule has 2 rings (SSSR count). The number of benzene rings is 2. The molecule has 1 heteroatoms. The van der Waals surface area contributed by atoms with Gasteiger partial charge in [0.2, 0.25) is 0 Å². The van der Waals surface area contributed by atoms with Crippen LogP contribution in [-0.4, -0.2) is 0 Å². The van der Waals surface area contributed by atoms with E-state index < -0.39 is 0 Å². The fourth-order valence-corrected chi connectivity index (χ4v) is 3.12. The van der Waals surface area contributed by atoms with Gasteiger partial charge in [-0.05, 0) is 61.1 Å². The summed E-state index contributed by atoms with van der Waals surface area (Å²) in [5, 5.41) is 0. The number of hydrogen-bond acceptors (Lipinski definition) is 1. The van der Waals surface area contributed by atoms with Crippen molar-refractivity contribution in [1.82, 2.24) is 0 Å². The molecular weight excluding hydrogens is 254 g/mol. The first-order valence-corrected chi connectivity index (χ1v) is 7.65. The van der Waals surface area contributed by atoms with E-state index in [-0.39, 0.29) is 11.5 Å². The average Bonchev–Trinajstić information content (AvgIpc) is 2.46. The van der Waals surface area contributed by atoms with Gasteiger partial charge in [0.1, 0.15) is 0 Å². The zero-order valence-corrected chi connectivity index (χ0v) is 14.1. The summed E-state index contributed by atoms with van der Waals surface area (Å²) in [7, 11) is 0. The molecule has 0 aliphatic carbocycles. The molecule has 0 aromatic heterocycles. The smallest absolute Gasteiger partial charge is 0.0393 e. The van der Waals surface area contributed by atoms with Gasteiger partial charge in [-0.2, -0.15) is 0 Å². The van der Waals surface area contributed by atoms with Gasteiger partial charge < -0.3 is 5.73 Å². The molecule has 0 radical (unpaired) electrons. The van der Waals surface area contributed by atoms with Crippen molar-refractivity contribution in [2.24, 2.45) is 5.73 Å². The highest BCUT2D eigenvalue weighted by Gasteiger charge is 2.32. The molecule has 21 heavy (non-hydrogen) atoms. The molecule has 1 atom stereocenters. The second kappa shape index (κ2) is 5.65. The summed E-state index contributed by atoms with van der Waals surface area (Å²) in [5.74, 6) is 0. The molecule has 0 amide bonds. The second-order valence-corrected chi connectivity index (χ2v) is 6.74. The summed E-state index contributed by atoms with van der Waals surface area (Å²) in [6.45, 7) is 13.2. The SMILES string of the molecule is Cc1cc(C)c(C)c(C(N)C(C)(C)c2ccccc2)c1C. The zero-order valence-electron chi connectivity index (χ0n) is 14.1. The van der Waals surface area contributed by atoms with Crippen molar-refractivity contribution in [3.63, 3.8) is 0 Å². The van der Waals surface area contributed by atoms with E-state index >= 15 is 0 Å². The molecular formula is C20H27N. The Hall–Kier alpha value is -1.60. The molecule has 2 aromatic carbocycles. The van der Waals surface area contributed by atoms with Crippen LogP contribution in [0, 0.1) is 27.7 Å². The lowest BCUT2D eigenvalue weighted by atomic mass is 9.72. The lowest BCUT2D eigenvalue weighted by molar-refractivity contribution is 0.417. The number of nitrogens with two attached hydrogens (primary N) is 1. The Balaban J connectivity index is 2.57. The third kappa shape index (κ3) is 2.75. The van der Waals surface area contributed by atoms with Crippen molar-refractivity contribution in [2.75, 3.05) is 0 Å². The van der Waals surface area contributed by atoms with Crippen LogP contribution in [0.25, 0.3) is 0 Å². The highest BCUT2D eigenvalue weighted by molar-refractivity contribution is 5.47. The second-order valence-electron chi connectivity index (χ2n) is 6.74. The van der Waals surface area contributed by atoms with Gasteiger partial charge in [0, 0.05) is 11.5 Å². The molecule has 112 valence electrons. The van der Waals surface area contributed by atoms with Crippen LogP contribution in [0.3, 0.4) is 0 Å². The first kappa shape index (κ1) is 15.8. The molecule has 0 saturated heterocycles. The van der Waals surface area contributed by atoms with Crippen molar-refractivity contribution < 1.29 is 0 Å². The van der Waals surface area contributed by atoms with Gasteiger partial charge >= 0.3 is 0 Å². The monoisotopic (exact) mass is 281 g/mol. The number of rotatable bonds is 3. The van der Waals surface area contributed by atoms with Crippen LogP contribution < -0.4 is 5.73 Å². The molecule has 1 nitrogen and oxygen atoms in total. The van der Waals surface area contributed by atoms with E-state index in [1.54, 1.807) is 0 Å². The minimum absolute atomic E-state index is 0.0153. The van der Waals surface area contributed by atoms with Crippen LogP contribution in [0.4, 0.5) is 0 Å². The lowest BCUT2D eigenvalue weighted by Crippen LogP contribution is -2.34. The third-order valence-electron chi connectivity index (χ3n) is 5.03. The highest BCUT2D eigenvalue weighted by atomic mass is 14.7. The third-order valence-corrected chi connectivity index (χ3v) is 5.03. The van der Waals surface area contributed by atoms with E-state index in [1.807, 2.05) is 0 Å². The summed E-state index contributed by atoms with van der Waals surface area (Å²) in [6, 6.07) is 12.8. The Morgan fingerprint density at radius 2 is 1.33 bits per heavy atom. The van der Waals surface area contributed by atoms with Gasteiger partial charge in [-0.1, -0.05) is 50.2 Å². The number of hydrogen-bond donors (Lipinski definition) is 1. The summed E-state index contributed by atoms with van der Waals surface area (Å²) in [6.07, 6.45) is 0. The fraction of sp³-hybridized carbons (Fsp3) is 0.400. The van der Waals surface area contributed by atoms with Gasteiger partial charge in [0.15, 0.2) is 0 Å². The van der Waals surface area contributed by atoms with E-state index in [0.29, 0.717) is 0 Å². The van der Waals surface area contributed by atoms with E-state index in [1.165, 1.54) is 33.4 Å². The molecule has 0 aliphatic heterocycles. The van der Waals surface area contributed by atoms with Crippen LogP contribution in [0.2, 0.25) is 0 Å². The van der Waals surface area contributed by atoms with Crippen LogP contribution in [0.1, 0.15) is 53.3 Å². The molecule has 0 aliphatic rings. The lowest BCUT2D eigenvalue weighted by Gasteiger charge is -2.35. The first-order chi connectivity index (χ1) is 9.76. The van der Waals surface area contributed by atoms with E-state index in [9.17, 15) is 0 Å². The van der Waals surface area contributed by atoms with Crippen molar-refractivity contribution in [2.45, 2.75) is 53.0 Å². The Bertz CT molecular complexity index is 612. The van der Waals surface area contributed by atoms with Crippen LogP contribution >= 0.6 is 0 Å². The van der Waals surface area contributed by atoms with Gasteiger partial charge in [-0.15, -0.1) is 0 Å². The van der Waals surface area contributed by atoms with E-state index in [2.05, 4.69) is 77.9 Å². The topological polar surface area (TPSA) is 26.0 Å². The Morgan fingerprint density at radius 3 is 1.81 bits per heavy atom. The van der Waals surface area contributed by atoms with Crippen molar-refractivity contribution in [3.05, 3.63) is 69.8 Å². The van der Waals surface area contributed by atoms with Crippen molar-refractivity contribution in [1.29, 1.82) is 0 Å². The van der Waals surface area contributed by atoms with E-state index in [4.69, 9.17) is 5.73 Å². The summed E-state index contributed by atoms with van der Waals surface area (Å²) in [4.78, 5) is 0. The van der Waals surface area contributed by atoms with Crippen LogP contribution in [-0.2, 0) is 5.41 Å². The van der Waals surface area contributed by atoms with Crippen LogP contribution in [0.5, 0.6) is 0 Å². The number of aryl methyl sites for hydroxylation is 2. The average molecular weight is 281 g/mol. The van der Waals surface area contributed by atoms with Gasteiger partial charge in [0.25, 0.3) is 0 Å². The first-order valence-electron chi connectivity index (χ1n) is 7.65. The largest absolute Gasteiger partial charge is 0.323 e. The maximum absolute atomic E-state index is 6.74.